The number of para-hydroxylation sites is 2. The predicted octanol–water partition coefficient (Wildman–Crippen LogP) is 2.64. The second-order valence-electron chi connectivity index (χ2n) is 6.54. The molecule has 1 fully saturated rings. The van der Waals surface area contributed by atoms with Gasteiger partial charge in [0.25, 0.3) is 0 Å². The molecule has 1 saturated heterocycles. The molecule has 4 nitrogen and oxygen atoms in total. The number of carbonyl (C=O) groups is 1. The molecule has 1 amide bonds. The minimum absolute atomic E-state index is 0.293. The van der Waals surface area contributed by atoms with Gasteiger partial charge in [-0.3, -0.25) is 4.79 Å². The fourth-order valence-electron chi connectivity index (χ4n) is 3.61. The summed E-state index contributed by atoms with van der Waals surface area (Å²) in [6.07, 6.45) is 5.18. The Morgan fingerprint density at radius 1 is 1.18 bits per heavy atom. The number of benzene rings is 1. The summed E-state index contributed by atoms with van der Waals surface area (Å²) in [6, 6.07) is 8.29. The molecule has 2 aliphatic rings. The Labute approximate surface area is 133 Å². The van der Waals surface area contributed by atoms with Gasteiger partial charge < -0.3 is 15.1 Å². The largest absolute Gasteiger partial charge is 0.373 e. The smallest absolute Gasteiger partial charge is 0.227 e. The molecule has 120 valence electrons. The number of hydrogen-bond donors (Lipinski definition) is 1. The monoisotopic (exact) mass is 301 g/mol. The fraction of sp³-hybridized carbons (Fsp3) is 0.611. The van der Waals surface area contributed by atoms with E-state index in [0.29, 0.717) is 12.3 Å². The molecule has 4 heteroatoms. The first kappa shape index (κ1) is 15.3. The zero-order valence-electron chi connectivity index (χ0n) is 13.6. The Balaban J connectivity index is 1.67. The van der Waals surface area contributed by atoms with Crippen molar-refractivity contribution in [3.8, 4) is 0 Å². The Morgan fingerprint density at radius 2 is 1.91 bits per heavy atom. The number of hydrogen-bond acceptors (Lipinski definition) is 3. The number of rotatable bonds is 3. The van der Waals surface area contributed by atoms with Gasteiger partial charge in [-0.05, 0) is 56.8 Å². The second kappa shape index (κ2) is 7.14. The lowest BCUT2D eigenvalue weighted by Gasteiger charge is -2.26. The number of piperidine rings is 1. The quantitative estimate of drug-likeness (QED) is 0.932. The van der Waals surface area contributed by atoms with Crippen LogP contribution in [0.4, 0.5) is 11.4 Å². The maximum absolute atomic E-state index is 12.8. The average Bonchev–Trinajstić information content (AvgIpc) is 2.73. The lowest BCUT2D eigenvalue weighted by molar-refractivity contribution is -0.118. The minimum atomic E-state index is 0.293. The van der Waals surface area contributed by atoms with Gasteiger partial charge in [-0.25, -0.2) is 0 Å². The molecule has 2 heterocycles. The van der Waals surface area contributed by atoms with E-state index in [1.54, 1.807) is 0 Å². The summed E-state index contributed by atoms with van der Waals surface area (Å²) in [7, 11) is 2.11. The molecule has 0 bridgehead atoms. The summed E-state index contributed by atoms with van der Waals surface area (Å²) in [4.78, 5) is 17.0. The molecular formula is C18H27N3O. The van der Waals surface area contributed by atoms with Crippen molar-refractivity contribution in [2.45, 2.75) is 32.1 Å². The van der Waals surface area contributed by atoms with Crippen LogP contribution in [0.1, 0.15) is 32.1 Å². The molecule has 2 aliphatic heterocycles. The first-order chi connectivity index (χ1) is 10.8. The molecular weight excluding hydrogens is 274 g/mol. The summed E-state index contributed by atoms with van der Waals surface area (Å²) in [6.45, 7) is 4.06. The van der Waals surface area contributed by atoms with Gasteiger partial charge in [0.1, 0.15) is 0 Å². The van der Waals surface area contributed by atoms with Crippen LogP contribution in [0, 0.1) is 5.92 Å². The number of fused-ring (bicyclic) bond motifs is 1. The average molecular weight is 301 g/mol. The molecule has 3 rings (SSSR count). The van der Waals surface area contributed by atoms with Crippen LogP contribution in [0.15, 0.2) is 24.3 Å². The van der Waals surface area contributed by atoms with Crippen molar-refractivity contribution in [2.75, 3.05) is 43.0 Å². The van der Waals surface area contributed by atoms with E-state index in [4.69, 9.17) is 0 Å². The van der Waals surface area contributed by atoms with Crippen molar-refractivity contribution < 1.29 is 4.79 Å². The van der Waals surface area contributed by atoms with Crippen molar-refractivity contribution in [2.24, 2.45) is 5.92 Å². The van der Waals surface area contributed by atoms with Crippen LogP contribution >= 0.6 is 0 Å². The van der Waals surface area contributed by atoms with E-state index in [2.05, 4.69) is 35.5 Å². The molecule has 1 aromatic rings. The highest BCUT2D eigenvalue weighted by Gasteiger charge is 2.23. The molecule has 0 spiro atoms. The molecule has 1 N–H and O–H groups in total. The van der Waals surface area contributed by atoms with Gasteiger partial charge in [0, 0.05) is 26.6 Å². The van der Waals surface area contributed by atoms with Gasteiger partial charge in [-0.15, -0.1) is 0 Å². The highest BCUT2D eigenvalue weighted by molar-refractivity contribution is 5.97. The van der Waals surface area contributed by atoms with E-state index in [1.165, 1.54) is 18.5 Å². The predicted molar refractivity (Wildman–Crippen MR) is 91.5 cm³/mol. The Hall–Kier alpha value is -1.55. The summed E-state index contributed by atoms with van der Waals surface area (Å²) in [5, 5.41) is 3.39. The first-order valence-electron chi connectivity index (χ1n) is 8.57. The van der Waals surface area contributed by atoms with E-state index in [0.717, 1.165) is 50.6 Å². The standard InChI is InChI=1S/C18H27N3O/c1-20-13-4-14-21(17-6-3-2-5-16(17)20)18(22)8-7-15-9-11-19-12-10-15/h2-3,5-6,15,19H,4,7-14H2,1H3. The van der Waals surface area contributed by atoms with Crippen LogP contribution < -0.4 is 15.1 Å². The van der Waals surface area contributed by atoms with Crippen LogP contribution in [-0.4, -0.2) is 39.1 Å². The SMILES string of the molecule is CN1CCCN(C(=O)CCC2CCNCC2)c2ccccc21. The van der Waals surface area contributed by atoms with Gasteiger partial charge in [0.05, 0.1) is 11.4 Å². The van der Waals surface area contributed by atoms with Gasteiger partial charge in [-0.2, -0.15) is 0 Å². The maximum atomic E-state index is 12.8. The number of nitrogens with one attached hydrogen (secondary N) is 1. The van der Waals surface area contributed by atoms with Crippen LogP contribution in [-0.2, 0) is 4.79 Å². The number of nitrogens with zero attached hydrogens (tertiary/aromatic N) is 2. The highest BCUT2D eigenvalue weighted by Crippen LogP contribution is 2.32. The van der Waals surface area contributed by atoms with Crippen LogP contribution in [0.3, 0.4) is 0 Å². The number of amides is 1. The Morgan fingerprint density at radius 3 is 2.68 bits per heavy atom. The molecule has 0 saturated carbocycles. The first-order valence-corrected chi connectivity index (χ1v) is 8.57. The summed E-state index contributed by atoms with van der Waals surface area (Å²) in [5.74, 6) is 1.01. The summed E-state index contributed by atoms with van der Waals surface area (Å²) < 4.78 is 0. The van der Waals surface area contributed by atoms with Crippen molar-refractivity contribution in [3.63, 3.8) is 0 Å². The fourth-order valence-corrected chi connectivity index (χ4v) is 3.61. The molecule has 0 unspecified atom stereocenters. The summed E-state index contributed by atoms with van der Waals surface area (Å²) in [5.41, 5.74) is 2.26. The van der Waals surface area contributed by atoms with E-state index in [9.17, 15) is 4.79 Å². The zero-order valence-corrected chi connectivity index (χ0v) is 13.6. The lowest BCUT2D eigenvalue weighted by atomic mass is 9.93. The topological polar surface area (TPSA) is 35.6 Å². The van der Waals surface area contributed by atoms with Crippen molar-refractivity contribution >= 4 is 17.3 Å². The zero-order chi connectivity index (χ0) is 15.4. The Bertz CT molecular complexity index is 511. The molecule has 22 heavy (non-hydrogen) atoms. The van der Waals surface area contributed by atoms with E-state index >= 15 is 0 Å². The molecule has 0 aliphatic carbocycles. The number of anilines is 2. The third-order valence-corrected chi connectivity index (χ3v) is 4.99. The number of carbonyl (C=O) groups excluding carboxylic acids is 1. The third-order valence-electron chi connectivity index (χ3n) is 4.99. The van der Waals surface area contributed by atoms with Crippen molar-refractivity contribution in [1.82, 2.24) is 5.32 Å². The normalized spacial score (nSPS) is 19.7. The van der Waals surface area contributed by atoms with E-state index < -0.39 is 0 Å². The second-order valence-corrected chi connectivity index (χ2v) is 6.54. The van der Waals surface area contributed by atoms with E-state index in [1.807, 2.05) is 11.0 Å². The van der Waals surface area contributed by atoms with Gasteiger partial charge in [-0.1, -0.05) is 12.1 Å². The van der Waals surface area contributed by atoms with Crippen LogP contribution in [0.25, 0.3) is 0 Å². The van der Waals surface area contributed by atoms with Gasteiger partial charge in [0.15, 0.2) is 0 Å². The van der Waals surface area contributed by atoms with Crippen molar-refractivity contribution in [3.05, 3.63) is 24.3 Å². The molecule has 0 radical (unpaired) electrons. The van der Waals surface area contributed by atoms with Crippen LogP contribution in [0.2, 0.25) is 0 Å². The summed E-state index contributed by atoms with van der Waals surface area (Å²) >= 11 is 0. The highest BCUT2D eigenvalue weighted by atomic mass is 16.2. The van der Waals surface area contributed by atoms with E-state index in [-0.39, 0.29) is 0 Å². The minimum Gasteiger partial charge on any atom is -0.373 e. The Kier molecular flexibility index (Phi) is 4.98. The molecule has 1 aromatic carbocycles. The van der Waals surface area contributed by atoms with Crippen molar-refractivity contribution in [1.29, 1.82) is 0 Å². The maximum Gasteiger partial charge on any atom is 0.227 e. The molecule has 0 aromatic heterocycles. The van der Waals surface area contributed by atoms with Gasteiger partial charge in [0.2, 0.25) is 5.91 Å². The third kappa shape index (κ3) is 3.43. The molecule has 0 atom stereocenters. The van der Waals surface area contributed by atoms with Crippen LogP contribution in [0.5, 0.6) is 0 Å². The van der Waals surface area contributed by atoms with Gasteiger partial charge >= 0.3 is 0 Å². The lowest BCUT2D eigenvalue weighted by Crippen LogP contribution is -2.33.